The molecule has 0 fully saturated rings. The number of esters is 1. The fourth-order valence-corrected chi connectivity index (χ4v) is 2.67. The van der Waals surface area contributed by atoms with Crippen LogP contribution in [0, 0.1) is 0 Å². The first kappa shape index (κ1) is 21.3. The number of ether oxygens (including phenoxy) is 2. The molecular weight excluding hydrogens is 422 g/mol. The van der Waals surface area contributed by atoms with E-state index < -0.39 is 5.97 Å². The predicted octanol–water partition coefficient (Wildman–Crippen LogP) is 4.89. The van der Waals surface area contributed by atoms with Crippen LogP contribution in [-0.4, -0.2) is 24.4 Å². The van der Waals surface area contributed by atoms with E-state index in [0.717, 1.165) is 17.0 Å². The molecule has 0 aliphatic carbocycles. The number of halogens is 1. The minimum Gasteiger partial charge on any atom is -0.497 e. The van der Waals surface area contributed by atoms with Gasteiger partial charge in [0, 0.05) is 10.7 Å². The molecule has 0 heterocycles. The lowest BCUT2D eigenvalue weighted by Gasteiger charge is -2.07. The highest BCUT2D eigenvalue weighted by Crippen LogP contribution is 2.16. The summed E-state index contributed by atoms with van der Waals surface area (Å²) in [4.78, 5) is 12.1. The minimum absolute atomic E-state index is 0.352. The van der Waals surface area contributed by atoms with E-state index in [1.165, 1.54) is 0 Å². The van der Waals surface area contributed by atoms with Gasteiger partial charge in [-0.3, -0.25) is 5.43 Å². The summed E-state index contributed by atoms with van der Waals surface area (Å²) >= 11 is 11.0. The summed E-state index contributed by atoms with van der Waals surface area (Å²) in [6.45, 7) is 0. The largest absolute Gasteiger partial charge is 0.497 e. The molecule has 152 valence electrons. The molecule has 0 amide bonds. The van der Waals surface area contributed by atoms with Crippen LogP contribution in [0.15, 0.2) is 77.9 Å². The molecule has 0 saturated carbocycles. The summed E-state index contributed by atoms with van der Waals surface area (Å²) in [5.74, 6) is 0.737. The van der Waals surface area contributed by atoms with Gasteiger partial charge in [-0.05, 0) is 90.6 Å². The molecule has 3 aromatic rings. The minimum atomic E-state index is -0.454. The van der Waals surface area contributed by atoms with Crippen molar-refractivity contribution in [2.75, 3.05) is 12.4 Å². The zero-order chi connectivity index (χ0) is 21.3. The lowest BCUT2D eigenvalue weighted by molar-refractivity contribution is 0.0735. The average Bonchev–Trinajstić information content (AvgIpc) is 2.76. The molecule has 6 nitrogen and oxygen atoms in total. The van der Waals surface area contributed by atoms with Crippen molar-refractivity contribution in [1.29, 1.82) is 0 Å². The Kier molecular flexibility index (Phi) is 7.37. The number of benzene rings is 3. The number of anilines is 1. The van der Waals surface area contributed by atoms with E-state index in [-0.39, 0.29) is 0 Å². The maximum absolute atomic E-state index is 12.1. The monoisotopic (exact) mass is 439 g/mol. The van der Waals surface area contributed by atoms with E-state index >= 15 is 0 Å². The molecule has 2 N–H and O–H groups in total. The number of thiocarbonyl (C=S) groups is 1. The average molecular weight is 440 g/mol. The van der Waals surface area contributed by atoms with Crippen LogP contribution in [0.3, 0.4) is 0 Å². The Morgan fingerprint density at radius 3 is 2.23 bits per heavy atom. The fraction of sp³-hybridized carbons (Fsp3) is 0.0455. The van der Waals surface area contributed by atoms with Gasteiger partial charge in [0.2, 0.25) is 0 Å². The Hall–Kier alpha value is -3.42. The molecule has 0 aliphatic rings. The first-order valence-electron chi connectivity index (χ1n) is 8.85. The van der Waals surface area contributed by atoms with Gasteiger partial charge in [-0.25, -0.2) is 4.79 Å². The van der Waals surface area contributed by atoms with Gasteiger partial charge in [0.1, 0.15) is 11.5 Å². The Morgan fingerprint density at radius 2 is 1.60 bits per heavy atom. The van der Waals surface area contributed by atoms with Crippen LogP contribution in [-0.2, 0) is 0 Å². The lowest BCUT2D eigenvalue weighted by atomic mass is 10.2. The first-order chi connectivity index (χ1) is 14.5. The molecule has 0 spiro atoms. The molecule has 8 heteroatoms. The fourth-order valence-electron chi connectivity index (χ4n) is 2.37. The van der Waals surface area contributed by atoms with Crippen LogP contribution < -0.4 is 20.2 Å². The van der Waals surface area contributed by atoms with Crippen molar-refractivity contribution in [3.05, 3.63) is 88.9 Å². The predicted molar refractivity (Wildman–Crippen MR) is 123 cm³/mol. The third kappa shape index (κ3) is 6.30. The van der Waals surface area contributed by atoms with E-state index in [1.54, 1.807) is 61.9 Å². The second-order valence-electron chi connectivity index (χ2n) is 6.02. The van der Waals surface area contributed by atoms with Crippen LogP contribution in [0.25, 0.3) is 0 Å². The SMILES string of the molecule is COc1ccc(NC(=S)NN=Cc2ccc(OC(=O)c3ccc(Cl)cc3)cc2)cc1. The lowest BCUT2D eigenvalue weighted by Crippen LogP contribution is -2.23. The smallest absolute Gasteiger partial charge is 0.343 e. The van der Waals surface area contributed by atoms with Gasteiger partial charge in [0.25, 0.3) is 0 Å². The zero-order valence-corrected chi connectivity index (χ0v) is 17.5. The number of nitrogens with zero attached hydrogens (tertiary/aromatic N) is 1. The van der Waals surface area contributed by atoms with Gasteiger partial charge in [-0.1, -0.05) is 11.6 Å². The van der Waals surface area contributed by atoms with Crippen molar-refractivity contribution in [1.82, 2.24) is 5.43 Å². The molecule has 30 heavy (non-hydrogen) atoms. The number of hydrogen-bond acceptors (Lipinski definition) is 5. The Morgan fingerprint density at radius 1 is 0.967 bits per heavy atom. The molecule has 3 rings (SSSR count). The van der Waals surface area contributed by atoms with Gasteiger partial charge in [-0.2, -0.15) is 5.10 Å². The van der Waals surface area contributed by atoms with Gasteiger partial charge < -0.3 is 14.8 Å². The van der Waals surface area contributed by atoms with Crippen molar-refractivity contribution in [3.8, 4) is 11.5 Å². The Balaban J connectivity index is 1.49. The molecule has 0 bridgehead atoms. The molecule has 3 aromatic carbocycles. The number of rotatable bonds is 6. The van der Waals surface area contributed by atoms with Crippen LogP contribution in [0.4, 0.5) is 5.69 Å². The van der Waals surface area contributed by atoms with E-state index in [0.29, 0.717) is 21.4 Å². The third-order valence-electron chi connectivity index (χ3n) is 3.90. The Labute approximate surface area is 184 Å². The molecule has 0 atom stereocenters. The number of nitrogens with one attached hydrogen (secondary N) is 2. The second kappa shape index (κ2) is 10.4. The standard InChI is InChI=1S/C22H18ClN3O3S/c1-28-19-12-8-18(9-13-19)25-22(30)26-24-14-15-2-10-20(11-3-15)29-21(27)16-4-6-17(23)7-5-16/h2-14H,1H3,(H2,25,26,30). The molecule has 0 aromatic heterocycles. The number of carbonyl (C=O) groups is 1. The van der Waals surface area contributed by atoms with E-state index in [4.69, 9.17) is 33.3 Å². The van der Waals surface area contributed by atoms with Gasteiger partial charge in [-0.15, -0.1) is 0 Å². The van der Waals surface area contributed by atoms with Gasteiger partial charge >= 0.3 is 5.97 Å². The summed E-state index contributed by atoms with van der Waals surface area (Å²) in [5, 5.41) is 8.02. The second-order valence-corrected chi connectivity index (χ2v) is 6.86. The quantitative estimate of drug-likeness (QED) is 0.187. The van der Waals surface area contributed by atoms with Crippen molar-refractivity contribution in [2.24, 2.45) is 5.10 Å². The summed E-state index contributed by atoms with van der Waals surface area (Å²) in [7, 11) is 1.61. The van der Waals surface area contributed by atoms with Gasteiger partial charge in [0.15, 0.2) is 5.11 Å². The van der Waals surface area contributed by atoms with Crippen molar-refractivity contribution in [2.45, 2.75) is 0 Å². The summed E-state index contributed by atoms with van der Waals surface area (Å²) in [6, 6.07) is 20.8. The highest BCUT2D eigenvalue weighted by molar-refractivity contribution is 7.80. The van der Waals surface area contributed by atoms with Crippen LogP contribution >= 0.6 is 23.8 Å². The van der Waals surface area contributed by atoms with Crippen molar-refractivity contribution < 1.29 is 14.3 Å². The van der Waals surface area contributed by atoms with E-state index in [9.17, 15) is 4.79 Å². The van der Waals surface area contributed by atoms with E-state index in [1.807, 2.05) is 24.3 Å². The summed E-state index contributed by atoms with van der Waals surface area (Å²) < 4.78 is 10.5. The third-order valence-corrected chi connectivity index (χ3v) is 4.34. The Bertz CT molecular complexity index is 1040. The van der Waals surface area contributed by atoms with Crippen molar-refractivity contribution >= 4 is 46.8 Å². The molecule has 0 radical (unpaired) electrons. The van der Waals surface area contributed by atoms with E-state index in [2.05, 4.69) is 15.8 Å². The number of methoxy groups -OCH3 is 1. The van der Waals surface area contributed by atoms with Crippen LogP contribution in [0.5, 0.6) is 11.5 Å². The topological polar surface area (TPSA) is 71.9 Å². The number of hydrogen-bond donors (Lipinski definition) is 2. The molecule has 0 unspecified atom stereocenters. The number of carbonyl (C=O) groups excluding carboxylic acids is 1. The highest BCUT2D eigenvalue weighted by Gasteiger charge is 2.08. The number of hydrazone groups is 1. The molecule has 0 saturated heterocycles. The molecular formula is C22H18ClN3O3S. The normalized spacial score (nSPS) is 10.5. The van der Waals surface area contributed by atoms with Gasteiger partial charge in [0.05, 0.1) is 18.9 Å². The molecule has 0 aliphatic heterocycles. The van der Waals surface area contributed by atoms with Crippen LogP contribution in [0.1, 0.15) is 15.9 Å². The maximum atomic E-state index is 12.1. The maximum Gasteiger partial charge on any atom is 0.343 e. The summed E-state index contributed by atoms with van der Waals surface area (Å²) in [5.41, 5.74) is 4.79. The zero-order valence-electron chi connectivity index (χ0n) is 16.0. The highest BCUT2D eigenvalue weighted by atomic mass is 35.5. The summed E-state index contributed by atoms with van der Waals surface area (Å²) in [6.07, 6.45) is 1.60. The van der Waals surface area contributed by atoms with Crippen LogP contribution in [0.2, 0.25) is 5.02 Å². The first-order valence-corrected chi connectivity index (χ1v) is 9.64. The van der Waals surface area contributed by atoms with Crippen molar-refractivity contribution in [3.63, 3.8) is 0 Å².